The summed E-state index contributed by atoms with van der Waals surface area (Å²) in [7, 11) is 1.59. The van der Waals surface area contributed by atoms with Gasteiger partial charge in [0.15, 0.2) is 0 Å². The normalized spacial score (nSPS) is 11.5. The molecule has 0 rings (SSSR count). The molecule has 0 bridgehead atoms. The van der Waals surface area contributed by atoms with E-state index in [0.717, 1.165) is 0 Å². The topological polar surface area (TPSA) is 111 Å². The van der Waals surface area contributed by atoms with E-state index in [1.165, 1.54) is 0 Å². The van der Waals surface area contributed by atoms with Gasteiger partial charge in [0, 0.05) is 25.7 Å². The van der Waals surface area contributed by atoms with Crippen LogP contribution in [0.1, 0.15) is 19.3 Å². The molecule has 0 radical (unpaired) electrons. The van der Waals surface area contributed by atoms with E-state index in [1.807, 2.05) is 0 Å². The molecule has 0 saturated carbocycles. The Balaban J connectivity index is 0. The van der Waals surface area contributed by atoms with Crippen LogP contribution in [0.25, 0.3) is 0 Å². The molecule has 7 nitrogen and oxygen atoms in total. The number of ether oxygens (including phenoxy) is 1. The van der Waals surface area contributed by atoms with Gasteiger partial charge in [-0.15, -0.1) is 0 Å². The van der Waals surface area contributed by atoms with Crippen molar-refractivity contribution in [1.82, 2.24) is 10.6 Å². The number of likely N-dealkylation sites (N-methyl/N-ethyl adjacent to an activating group) is 1. The van der Waals surface area contributed by atoms with Gasteiger partial charge in [0.05, 0.1) is 12.6 Å². The van der Waals surface area contributed by atoms with Gasteiger partial charge >= 0.3 is 29.6 Å². The van der Waals surface area contributed by atoms with E-state index in [2.05, 4.69) is 10.6 Å². The molecule has 0 aromatic heterocycles. The first-order chi connectivity index (χ1) is 8.61. The molecule has 8 heteroatoms. The van der Waals surface area contributed by atoms with E-state index in [0.29, 0.717) is 26.2 Å². The number of amides is 1. The number of nitrogens with one attached hydrogen (secondary N) is 2. The third kappa shape index (κ3) is 12.6. The zero-order valence-corrected chi connectivity index (χ0v) is 13.6. The number of aliphatic hydroxyl groups excluding tert-OH is 1. The molecular weight excluding hydrogens is 263 g/mol. The van der Waals surface area contributed by atoms with Crippen LogP contribution in [-0.4, -0.2) is 56.4 Å². The van der Waals surface area contributed by atoms with Gasteiger partial charge in [0.1, 0.15) is 0 Å². The summed E-state index contributed by atoms with van der Waals surface area (Å²) in [6.45, 7) is 1.25. The van der Waals surface area contributed by atoms with E-state index in [9.17, 15) is 14.7 Å². The third-order valence-corrected chi connectivity index (χ3v) is 2.29. The number of rotatable bonds is 11. The minimum atomic E-state index is -1.17. The number of aliphatic hydroxyl groups is 1. The smallest absolute Gasteiger partial charge is 0.550 e. The van der Waals surface area contributed by atoms with Crippen molar-refractivity contribution in [3.8, 4) is 0 Å². The second kappa shape index (κ2) is 14.2. The monoisotopic (exact) mass is 284 g/mol. The number of carboxylic acid groups (broad SMARTS) is 1. The molecule has 0 heterocycles. The number of hydrogen-bond acceptors (Lipinski definition) is 6. The summed E-state index contributed by atoms with van der Waals surface area (Å²) < 4.78 is 5.14. The van der Waals surface area contributed by atoms with Crippen molar-refractivity contribution in [2.45, 2.75) is 25.3 Å². The summed E-state index contributed by atoms with van der Waals surface area (Å²) in [5.41, 5.74) is 0. The minimum absolute atomic E-state index is 0. The van der Waals surface area contributed by atoms with Gasteiger partial charge < -0.3 is 30.4 Å². The van der Waals surface area contributed by atoms with Crippen molar-refractivity contribution < 1.29 is 54.1 Å². The Morgan fingerprint density at radius 1 is 1.37 bits per heavy atom. The molecule has 106 valence electrons. The molecule has 1 atom stereocenters. The zero-order chi connectivity index (χ0) is 13.8. The van der Waals surface area contributed by atoms with E-state index in [-0.39, 0.29) is 54.9 Å². The fraction of sp³-hybridized carbons (Fsp3) is 0.818. The summed E-state index contributed by atoms with van der Waals surface area (Å²) in [6, 6.07) is -0.541. The predicted molar refractivity (Wildman–Crippen MR) is 62.6 cm³/mol. The zero-order valence-electron chi connectivity index (χ0n) is 11.6. The van der Waals surface area contributed by atoms with Gasteiger partial charge in [-0.25, -0.2) is 0 Å². The van der Waals surface area contributed by atoms with Crippen LogP contribution < -0.4 is 45.3 Å². The molecule has 1 amide bonds. The quantitative estimate of drug-likeness (QED) is 0.258. The standard InChI is InChI=1S/C11H22N2O5.Na/c1-12-9(3-4-10(15)16)11(17)13-5-8-18-7-2-6-14;/h9,12,14H,2-8H2,1H3,(H,13,17)(H,15,16);/q;+1/p-1. The van der Waals surface area contributed by atoms with E-state index >= 15 is 0 Å². The van der Waals surface area contributed by atoms with Gasteiger partial charge in [-0.05, 0) is 26.3 Å². The number of aliphatic carboxylic acids is 1. The Morgan fingerprint density at radius 3 is 2.58 bits per heavy atom. The molecule has 0 aliphatic carbocycles. The van der Waals surface area contributed by atoms with Gasteiger partial charge in [-0.2, -0.15) is 0 Å². The van der Waals surface area contributed by atoms with Crippen LogP contribution in [0.15, 0.2) is 0 Å². The Bertz CT molecular complexity index is 253. The van der Waals surface area contributed by atoms with E-state index in [1.54, 1.807) is 7.05 Å². The summed E-state index contributed by atoms with van der Waals surface area (Å²) in [5.74, 6) is -1.43. The SMILES string of the molecule is CNC(CCC(=O)[O-])C(=O)NCCOCCCO.[Na+]. The third-order valence-electron chi connectivity index (χ3n) is 2.29. The van der Waals surface area contributed by atoms with Crippen molar-refractivity contribution in [1.29, 1.82) is 0 Å². The minimum Gasteiger partial charge on any atom is -0.550 e. The second-order valence-electron chi connectivity index (χ2n) is 3.73. The number of carbonyl (C=O) groups is 2. The van der Waals surface area contributed by atoms with Crippen molar-refractivity contribution in [3.63, 3.8) is 0 Å². The number of carbonyl (C=O) groups excluding carboxylic acids is 2. The van der Waals surface area contributed by atoms with Crippen LogP contribution in [0.3, 0.4) is 0 Å². The first-order valence-corrected chi connectivity index (χ1v) is 5.95. The Morgan fingerprint density at radius 2 is 2.05 bits per heavy atom. The van der Waals surface area contributed by atoms with Crippen LogP contribution in [0, 0.1) is 0 Å². The molecule has 1 unspecified atom stereocenters. The van der Waals surface area contributed by atoms with Crippen molar-refractivity contribution in [2.24, 2.45) is 0 Å². The van der Waals surface area contributed by atoms with E-state index in [4.69, 9.17) is 9.84 Å². The largest absolute Gasteiger partial charge is 1.00 e. The van der Waals surface area contributed by atoms with E-state index < -0.39 is 12.0 Å². The molecule has 3 N–H and O–H groups in total. The molecule has 0 fully saturated rings. The number of hydrogen-bond donors (Lipinski definition) is 3. The first-order valence-electron chi connectivity index (χ1n) is 5.95. The van der Waals surface area contributed by atoms with Crippen LogP contribution in [0.5, 0.6) is 0 Å². The molecule has 19 heavy (non-hydrogen) atoms. The van der Waals surface area contributed by atoms with Crippen molar-refractivity contribution in [2.75, 3.05) is 33.4 Å². The Hall–Kier alpha value is -0.180. The molecule has 0 saturated heterocycles. The Labute approximate surface area is 135 Å². The van der Waals surface area contributed by atoms with Crippen LogP contribution >= 0.6 is 0 Å². The van der Waals surface area contributed by atoms with Gasteiger partial charge in [0.25, 0.3) is 0 Å². The maximum Gasteiger partial charge on any atom is 1.00 e. The van der Waals surface area contributed by atoms with Gasteiger partial charge in [0.2, 0.25) is 5.91 Å². The maximum atomic E-state index is 11.6. The number of carboxylic acids is 1. The van der Waals surface area contributed by atoms with Crippen molar-refractivity contribution >= 4 is 11.9 Å². The van der Waals surface area contributed by atoms with Crippen LogP contribution in [0.2, 0.25) is 0 Å². The van der Waals surface area contributed by atoms with Crippen LogP contribution in [0.4, 0.5) is 0 Å². The average molecular weight is 284 g/mol. The molecule has 0 aliphatic rings. The first kappa shape index (κ1) is 21.1. The predicted octanol–water partition coefficient (Wildman–Crippen LogP) is -5.38. The Kier molecular flexibility index (Phi) is 15.8. The second-order valence-corrected chi connectivity index (χ2v) is 3.73. The van der Waals surface area contributed by atoms with Gasteiger partial charge in [-0.1, -0.05) is 0 Å². The molecule has 0 spiro atoms. The van der Waals surface area contributed by atoms with Gasteiger partial charge in [-0.3, -0.25) is 4.79 Å². The molecule has 0 aliphatic heterocycles. The van der Waals surface area contributed by atoms with Crippen molar-refractivity contribution in [3.05, 3.63) is 0 Å². The summed E-state index contributed by atoms with van der Waals surface area (Å²) in [6.07, 6.45) is 0.598. The average Bonchev–Trinajstić information content (AvgIpc) is 2.34. The molecule has 0 aromatic carbocycles. The molecule has 0 aromatic rings. The summed E-state index contributed by atoms with van der Waals surface area (Å²) in [4.78, 5) is 21.9. The fourth-order valence-corrected chi connectivity index (χ4v) is 1.31. The van der Waals surface area contributed by atoms with Crippen LogP contribution in [-0.2, 0) is 14.3 Å². The summed E-state index contributed by atoms with van der Waals surface area (Å²) >= 11 is 0. The maximum absolute atomic E-state index is 11.6. The molecular formula is C11H21N2NaO5. The summed E-state index contributed by atoms with van der Waals surface area (Å²) in [5, 5.41) is 24.2. The fourth-order valence-electron chi connectivity index (χ4n) is 1.31.